The number of carbonyl (C=O) groups is 1. The molecule has 2 aromatic rings. The maximum absolute atomic E-state index is 15.5. The minimum absolute atomic E-state index is 0. The number of nitrogens with zero attached hydrogens (tertiary/aromatic N) is 2. The van der Waals surface area contributed by atoms with Crippen molar-refractivity contribution in [3.05, 3.63) is 46.3 Å². The van der Waals surface area contributed by atoms with Crippen molar-refractivity contribution < 1.29 is 33.6 Å². The predicted octanol–water partition coefficient (Wildman–Crippen LogP) is 3.92. The van der Waals surface area contributed by atoms with E-state index in [1.54, 1.807) is 39.2 Å². The van der Waals surface area contributed by atoms with Crippen LogP contribution < -0.4 is 19.1 Å². The molecule has 9 nitrogen and oxygen atoms in total. The maximum atomic E-state index is 15.5. The second-order valence-corrected chi connectivity index (χ2v) is 10.9. The van der Waals surface area contributed by atoms with E-state index in [1.165, 1.54) is 4.90 Å². The Hall–Kier alpha value is -3.08. The summed E-state index contributed by atoms with van der Waals surface area (Å²) >= 11 is 0. The lowest BCUT2D eigenvalue weighted by Crippen LogP contribution is -2.31. The van der Waals surface area contributed by atoms with E-state index < -0.39 is 18.0 Å². The highest BCUT2D eigenvalue weighted by Gasteiger charge is 2.36. The van der Waals surface area contributed by atoms with E-state index in [9.17, 15) is 15.0 Å². The van der Waals surface area contributed by atoms with Gasteiger partial charge in [0.15, 0.2) is 23.1 Å². The summed E-state index contributed by atoms with van der Waals surface area (Å²) in [6.45, 7) is 10.6. The largest absolute Gasteiger partial charge is 0.494 e. The third-order valence-electron chi connectivity index (χ3n) is 7.11. The lowest BCUT2D eigenvalue weighted by molar-refractivity contribution is 0.0572. The molecular weight excluding hydrogens is 541 g/mol. The summed E-state index contributed by atoms with van der Waals surface area (Å²) in [6.07, 6.45) is -1.82. The Bertz CT molecular complexity index is 1270. The monoisotopic (exact) mass is 579 g/mol. The first-order valence-corrected chi connectivity index (χ1v) is 13.2. The van der Waals surface area contributed by atoms with Gasteiger partial charge in [0.2, 0.25) is 0 Å². The molecule has 0 amide bonds. The number of ether oxygens (including phenoxy) is 3. The normalized spacial score (nSPS) is 18.5. The number of anilines is 1. The number of benzene rings is 2. The molecule has 4 rings (SSSR count). The zero-order valence-electron chi connectivity index (χ0n) is 23.8. The fourth-order valence-corrected chi connectivity index (χ4v) is 5.17. The van der Waals surface area contributed by atoms with Crippen molar-refractivity contribution in [3.63, 3.8) is 0 Å². The van der Waals surface area contributed by atoms with Gasteiger partial charge in [-0.2, -0.15) is 0 Å². The lowest BCUT2D eigenvalue weighted by atomic mass is 9.84. The van der Waals surface area contributed by atoms with Crippen molar-refractivity contribution in [3.8, 4) is 17.2 Å². The first kappa shape index (κ1) is 31.4. The Labute approximate surface area is 240 Å². The minimum atomic E-state index is -0.909. The molecule has 1 fully saturated rings. The molecule has 0 aliphatic carbocycles. The van der Waals surface area contributed by atoms with Crippen LogP contribution in [0.2, 0.25) is 0 Å². The third kappa shape index (κ3) is 5.84. The summed E-state index contributed by atoms with van der Waals surface area (Å²) in [6, 6.07) is 5.18. The van der Waals surface area contributed by atoms with E-state index in [-0.39, 0.29) is 79.3 Å². The second-order valence-electron chi connectivity index (χ2n) is 10.9. The first-order valence-electron chi connectivity index (χ1n) is 13.2. The highest BCUT2D eigenvalue weighted by atomic mass is 35.5. The number of β-amino-alcohol motifs (C(OH)–C–C–N with tert-alkyl or cyclic N) is 2. The Morgan fingerprint density at radius 1 is 1.07 bits per heavy atom. The van der Waals surface area contributed by atoms with Crippen LogP contribution in [0.15, 0.2) is 18.2 Å². The van der Waals surface area contributed by atoms with Crippen molar-refractivity contribution in [2.45, 2.75) is 58.8 Å². The summed E-state index contributed by atoms with van der Waals surface area (Å²) < 4.78 is 32.3. The molecular formula is C29H39ClFN3O6. The maximum Gasteiger partial charge on any atom is 0.197 e. The van der Waals surface area contributed by atoms with Crippen LogP contribution in [0, 0.1) is 11.2 Å². The molecule has 3 N–H and O–H groups in total. The molecule has 0 radical (unpaired) electrons. The Balaban J connectivity index is 0.00000441. The molecule has 2 heterocycles. The van der Waals surface area contributed by atoms with E-state index in [1.807, 2.05) is 25.7 Å². The molecule has 2 unspecified atom stereocenters. The average molecular weight is 580 g/mol. The number of Topliss-reactive ketones (excluding diaryl/α,β-unsaturated/α-hetero) is 1. The summed E-state index contributed by atoms with van der Waals surface area (Å²) in [5, 5.41) is 29.0. The van der Waals surface area contributed by atoms with Gasteiger partial charge in [0.1, 0.15) is 11.6 Å². The summed E-state index contributed by atoms with van der Waals surface area (Å²) in [4.78, 5) is 17.0. The molecule has 2 aliphatic rings. The highest BCUT2D eigenvalue weighted by Crippen LogP contribution is 2.42. The zero-order chi connectivity index (χ0) is 28.6. The number of ketones is 1. The number of hydrogen-bond donors (Lipinski definition) is 3. The van der Waals surface area contributed by atoms with Crippen LogP contribution in [0.4, 0.5) is 10.1 Å². The van der Waals surface area contributed by atoms with Crippen LogP contribution in [0.3, 0.4) is 0 Å². The summed E-state index contributed by atoms with van der Waals surface area (Å²) in [5.41, 5.74) is 2.11. The van der Waals surface area contributed by atoms with Crippen molar-refractivity contribution in [1.29, 1.82) is 5.41 Å². The molecule has 2 atom stereocenters. The molecule has 0 aromatic heterocycles. The average Bonchev–Trinajstić information content (AvgIpc) is 3.37. The number of fused-ring (bicyclic) bond motifs is 1. The fourth-order valence-electron chi connectivity index (χ4n) is 5.17. The van der Waals surface area contributed by atoms with Crippen LogP contribution in [-0.4, -0.2) is 78.9 Å². The number of carbonyl (C=O) groups excluding carboxylic acids is 1. The Morgan fingerprint density at radius 3 is 2.25 bits per heavy atom. The molecule has 1 saturated heterocycles. The quantitative estimate of drug-likeness (QED) is 0.383. The standard InChI is InChI=1S/C29H38FN3O6.ClH/c1-7-38-23-11-17-12-33(28(31)24(17)25(30)27(23)39-8-2)13-20(34)16-9-18(29(3,4)5)26(37-6)19(10-16)32-14-21(35)22(36)15-32;/h9-11,21-22,31,35-36H,7-8,12-15H2,1-6H3;1H. The predicted molar refractivity (Wildman–Crippen MR) is 153 cm³/mol. The van der Waals surface area contributed by atoms with Crippen molar-refractivity contribution >= 4 is 29.7 Å². The van der Waals surface area contributed by atoms with Gasteiger partial charge >= 0.3 is 0 Å². The van der Waals surface area contributed by atoms with E-state index in [2.05, 4.69) is 0 Å². The van der Waals surface area contributed by atoms with Gasteiger partial charge in [-0.15, -0.1) is 12.4 Å². The van der Waals surface area contributed by atoms with Gasteiger partial charge in [-0.05, 0) is 43.0 Å². The summed E-state index contributed by atoms with van der Waals surface area (Å²) in [5.74, 6) is -0.170. The number of hydrogen-bond acceptors (Lipinski definition) is 8. The SMILES string of the molecule is CCOc1cc2c(c(F)c1OCC)C(=N)N(CC(=O)c1cc(N3CC(O)C(O)C3)c(OC)c(C(C)(C)C)c1)C2.Cl. The van der Waals surface area contributed by atoms with E-state index in [0.717, 1.165) is 5.56 Å². The molecule has 0 spiro atoms. The van der Waals surface area contributed by atoms with Crippen LogP contribution in [0.5, 0.6) is 17.2 Å². The molecule has 40 heavy (non-hydrogen) atoms. The topological polar surface area (TPSA) is 116 Å². The number of aliphatic hydroxyl groups excluding tert-OH is 2. The van der Waals surface area contributed by atoms with Crippen LogP contribution >= 0.6 is 12.4 Å². The molecule has 0 saturated carbocycles. The fraction of sp³-hybridized carbons (Fsp3) is 0.517. The van der Waals surface area contributed by atoms with E-state index in [0.29, 0.717) is 29.2 Å². The number of aliphatic hydroxyl groups is 2. The van der Waals surface area contributed by atoms with Gasteiger partial charge in [-0.3, -0.25) is 10.2 Å². The van der Waals surface area contributed by atoms with Gasteiger partial charge in [-0.1, -0.05) is 20.8 Å². The Morgan fingerprint density at radius 2 is 1.70 bits per heavy atom. The lowest BCUT2D eigenvalue weighted by Gasteiger charge is -2.29. The number of methoxy groups -OCH3 is 1. The van der Waals surface area contributed by atoms with Gasteiger partial charge in [-0.25, -0.2) is 4.39 Å². The number of halogens is 2. The number of nitrogens with one attached hydrogen (secondary N) is 1. The van der Waals surface area contributed by atoms with Gasteiger partial charge < -0.3 is 34.2 Å². The first-order chi connectivity index (χ1) is 18.4. The number of amidine groups is 1. The molecule has 220 valence electrons. The molecule has 2 aliphatic heterocycles. The molecule has 11 heteroatoms. The van der Waals surface area contributed by atoms with Crippen LogP contribution in [-0.2, 0) is 12.0 Å². The van der Waals surface area contributed by atoms with Crippen molar-refractivity contribution in [2.24, 2.45) is 0 Å². The second kappa shape index (κ2) is 12.2. The van der Waals surface area contributed by atoms with Crippen molar-refractivity contribution in [2.75, 3.05) is 44.9 Å². The smallest absolute Gasteiger partial charge is 0.197 e. The summed E-state index contributed by atoms with van der Waals surface area (Å²) in [7, 11) is 1.56. The minimum Gasteiger partial charge on any atom is -0.494 e. The van der Waals surface area contributed by atoms with Gasteiger partial charge in [0, 0.05) is 30.8 Å². The third-order valence-corrected chi connectivity index (χ3v) is 7.11. The van der Waals surface area contributed by atoms with E-state index >= 15 is 4.39 Å². The molecule has 0 bridgehead atoms. The Kier molecular flexibility index (Phi) is 9.59. The number of rotatable bonds is 9. The van der Waals surface area contributed by atoms with E-state index in [4.69, 9.17) is 19.6 Å². The zero-order valence-corrected chi connectivity index (χ0v) is 24.7. The molecule has 2 aromatic carbocycles. The van der Waals surface area contributed by atoms with Gasteiger partial charge in [0.25, 0.3) is 0 Å². The van der Waals surface area contributed by atoms with Crippen molar-refractivity contribution in [1.82, 2.24) is 4.90 Å². The van der Waals surface area contributed by atoms with Crippen LogP contribution in [0.25, 0.3) is 0 Å². The highest BCUT2D eigenvalue weighted by molar-refractivity contribution is 6.06. The van der Waals surface area contributed by atoms with Gasteiger partial charge in [0.05, 0.1) is 50.3 Å². The van der Waals surface area contributed by atoms with Crippen LogP contribution in [0.1, 0.15) is 61.7 Å².